The molecule has 0 aliphatic heterocycles. The van der Waals surface area contributed by atoms with Gasteiger partial charge in [0.25, 0.3) is 0 Å². The van der Waals surface area contributed by atoms with E-state index in [-0.39, 0.29) is 11.7 Å². The van der Waals surface area contributed by atoms with E-state index >= 15 is 0 Å². The largest absolute Gasteiger partial charge is 0.508 e. The lowest BCUT2D eigenvalue weighted by atomic mass is 10.1. The van der Waals surface area contributed by atoms with Gasteiger partial charge >= 0.3 is 0 Å². The van der Waals surface area contributed by atoms with Gasteiger partial charge in [0, 0.05) is 30.3 Å². The molecule has 4 aromatic rings. The number of anilines is 1. The molecule has 10 heteroatoms. The van der Waals surface area contributed by atoms with E-state index < -0.39 is 10.2 Å². The number of carbonyl (C=O) groups is 1. The first-order valence-electron chi connectivity index (χ1n) is 9.50. The molecule has 3 N–H and O–H groups in total. The second-order valence-electron chi connectivity index (χ2n) is 6.83. The summed E-state index contributed by atoms with van der Waals surface area (Å²) in [6.07, 6.45) is 0. The number of nitrogens with one attached hydrogen (secondary N) is 2. The van der Waals surface area contributed by atoms with Crippen molar-refractivity contribution in [2.75, 3.05) is 5.32 Å². The number of phenolic OH excluding ortho intramolecular Hbond substituents is 1. The lowest BCUT2D eigenvalue weighted by molar-refractivity contribution is -2.00. The molecule has 33 heavy (non-hydrogen) atoms. The fourth-order valence-corrected chi connectivity index (χ4v) is 3.02. The number of rotatable bonds is 3. The first kappa shape index (κ1) is 23.9. The zero-order valence-electron chi connectivity index (χ0n) is 17.3. The van der Waals surface area contributed by atoms with Gasteiger partial charge in [0.15, 0.2) is 0 Å². The summed E-state index contributed by atoms with van der Waals surface area (Å²) >= 11 is 0. The van der Waals surface area contributed by atoms with E-state index in [9.17, 15) is 9.90 Å². The van der Waals surface area contributed by atoms with Gasteiger partial charge in [-0.1, -0.05) is 30.3 Å². The van der Waals surface area contributed by atoms with Gasteiger partial charge in [-0.2, -0.15) is 0 Å². The van der Waals surface area contributed by atoms with Crippen LogP contribution in [0.3, 0.4) is 0 Å². The predicted octanol–water partition coefficient (Wildman–Crippen LogP) is -1.68. The molecule has 0 unspecified atom stereocenters. The second kappa shape index (κ2) is 10.3. The third-order valence-electron chi connectivity index (χ3n) is 4.29. The highest BCUT2D eigenvalue weighted by molar-refractivity contribution is 5.88. The Kier molecular flexibility index (Phi) is 7.44. The van der Waals surface area contributed by atoms with Gasteiger partial charge < -0.3 is 14.8 Å². The molecule has 0 bridgehead atoms. The zero-order chi connectivity index (χ0) is 24.0. The lowest BCUT2D eigenvalue weighted by Gasteiger charge is -2.17. The molecule has 9 nitrogen and oxygen atoms in total. The molecule has 0 atom stereocenters. The van der Waals surface area contributed by atoms with Crippen molar-refractivity contribution in [3.8, 4) is 17.1 Å². The number of halogens is 1. The Bertz CT molecular complexity index is 1310. The number of carbonyl (C=O) groups excluding carboxylic acids is 1. The van der Waals surface area contributed by atoms with Crippen LogP contribution in [0.25, 0.3) is 22.3 Å². The summed E-state index contributed by atoms with van der Waals surface area (Å²) in [4.78, 5) is 14.6. The first-order valence-corrected chi connectivity index (χ1v) is 10.7. The van der Waals surface area contributed by atoms with Crippen LogP contribution in [0.15, 0.2) is 83.3 Å². The molecule has 4 rings (SSSR count). The fraction of sp³-hybridized carbons (Fsp3) is 0.0435. The van der Waals surface area contributed by atoms with Crippen LogP contribution in [-0.2, 0) is 4.79 Å². The molecule has 170 valence electrons. The molecular weight excluding hydrogens is 452 g/mol. The number of hydrogen-bond acceptors (Lipinski definition) is 7. The Hall–Kier alpha value is -3.73. The van der Waals surface area contributed by atoms with Crippen molar-refractivity contribution >= 4 is 28.3 Å². The molecule has 3 aromatic carbocycles. The number of amides is 1. The number of benzene rings is 3. The predicted molar refractivity (Wildman–Crippen MR) is 108 cm³/mol. The lowest BCUT2D eigenvalue weighted by Crippen LogP contribution is -2.70. The van der Waals surface area contributed by atoms with Gasteiger partial charge in [0.2, 0.25) is 17.0 Å². The van der Waals surface area contributed by atoms with E-state index in [1.807, 2.05) is 60.7 Å². The van der Waals surface area contributed by atoms with Crippen molar-refractivity contribution in [2.45, 2.75) is 6.92 Å². The minimum atomic E-state index is -4.94. The third-order valence-corrected chi connectivity index (χ3v) is 4.29. The summed E-state index contributed by atoms with van der Waals surface area (Å²) in [5.41, 5.74) is 3.20. The van der Waals surface area contributed by atoms with Gasteiger partial charge in [-0.25, -0.2) is 23.6 Å². The second-order valence-corrected chi connectivity index (χ2v) is 7.59. The van der Waals surface area contributed by atoms with Crippen LogP contribution in [0.5, 0.6) is 5.75 Å². The van der Waals surface area contributed by atoms with Crippen LogP contribution in [0.4, 0.5) is 11.4 Å². The van der Waals surface area contributed by atoms with E-state index in [1.165, 1.54) is 6.92 Å². The molecule has 0 aliphatic carbocycles. The summed E-state index contributed by atoms with van der Waals surface area (Å²) in [5, 5.41) is 14.2. The summed E-state index contributed by atoms with van der Waals surface area (Å²) in [6.45, 7) is 1.48. The highest BCUT2D eigenvalue weighted by Crippen LogP contribution is 2.23. The molecular formula is C23H19ClN2O7. The van der Waals surface area contributed by atoms with Crippen LogP contribution in [0.1, 0.15) is 6.92 Å². The molecule has 0 saturated heterocycles. The Morgan fingerprint density at radius 3 is 2.18 bits per heavy atom. The fourth-order valence-electron chi connectivity index (χ4n) is 3.02. The molecule has 0 fully saturated rings. The zero-order valence-corrected chi connectivity index (χ0v) is 18.0. The van der Waals surface area contributed by atoms with Crippen LogP contribution in [0.2, 0.25) is 0 Å². The molecule has 1 aromatic heterocycles. The van der Waals surface area contributed by atoms with Crippen molar-refractivity contribution in [1.82, 2.24) is 0 Å². The topological polar surface area (TPSA) is 169 Å². The summed E-state index contributed by atoms with van der Waals surface area (Å²) in [5.74, 6) is 0.773. The van der Waals surface area contributed by atoms with E-state index in [4.69, 9.17) is 23.1 Å². The maximum atomic E-state index is 11.2. The number of fused-ring (bicyclic) bond motifs is 1. The van der Waals surface area contributed by atoms with E-state index in [0.29, 0.717) is 5.58 Å². The average Bonchev–Trinajstić information content (AvgIpc) is 2.74. The van der Waals surface area contributed by atoms with Gasteiger partial charge in [-0.05, 0) is 30.3 Å². The van der Waals surface area contributed by atoms with Gasteiger partial charge in [0.05, 0.1) is 11.5 Å². The van der Waals surface area contributed by atoms with E-state index in [2.05, 4.69) is 10.3 Å². The Morgan fingerprint density at radius 2 is 1.58 bits per heavy atom. The molecule has 0 saturated carbocycles. The Labute approximate surface area is 190 Å². The summed E-state index contributed by atoms with van der Waals surface area (Å²) in [7, 11) is -4.94. The van der Waals surface area contributed by atoms with Crippen LogP contribution in [-0.4, -0.2) is 11.0 Å². The SMILES string of the molecule is CC(=O)Nc1ccc([NH+]=c2cc(-c3ccccc3)oc3ccc(O)cc23)cc1.[O-][Cl+3]([O-])([O-])[O-]. The van der Waals surface area contributed by atoms with Crippen molar-refractivity contribution in [3.05, 3.63) is 84.2 Å². The third kappa shape index (κ3) is 7.42. The normalized spacial score (nSPS) is 11.6. The quantitative estimate of drug-likeness (QED) is 0.321. The summed E-state index contributed by atoms with van der Waals surface area (Å²) < 4.78 is 40.0. The molecule has 0 spiro atoms. The van der Waals surface area contributed by atoms with Gasteiger partial charge in [-0.3, -0.25) is 4.79 Å². The van der Waals surface area contributed by atoms with Crippen molar-refractivity contribution < 1.29 is 48.2 Å². The highest BCUT2D eigenvalue weighted by Gasteiger charge is 2.10. The maximum absolute atomic E-state index is 11.2. The highest BCUT2D eigenvalue weighted by atomic mass is 35.7. The Balaban J connectivity index is 0.000000555. The van der Waals surface area contributed by atoms with Crippen molar-refractivity contribution in [1.29, 1.82) is 0 Å². The number of phenols is 1. The first-order chi connectivity index (χ1) is 15.6. The van der Waals surface area contributed by atoms with Crippen LogP contribution < -0.4 is 34.3 Å². The number of aromatic hydroxyl groups is 1. The summed E-state index contributed by atoms with van der Waals surface area (Å²) in [6, 6.07) is 24.2. The van der Waals surface area contributed by atoms with Gasteiger partial charge in [-0.15, -0.1) is 10.2 Å². The standard InChI is InChI=1S/C23H18N2O3.ClHO4/c1-15(26)24-17-7-9-18(10-8-17)25-21-14-23(16-5-3-2-4-6-16)28-22-12-11-19(27)13-20(21)22;2-1(3,4)5/h2-14,27H,1H3,(H,24,26);(H,2,3,4,5). The number of hydrogen-bond donors (Lipinski definition) is 3. The minimum absolute atomic E-state index is 0.112. The average molecular weight is 471 g/mol. The maximum Gasteiger partial charge on any atom is 0.221 e. The molecule has 1 amide bonds. The Morgan fingerprint density at radius 1 is 0.939 bits per heavy atom. The monoisotopic (exact) mass is 470 g/mol. The van der Waals surface area contributed by atoms with E-state index in [0.717, 1.165) is 33.4 Å². The van der Waals surface area contributed by atoms with E-state index in [1.54, 1.807) is 18.2 Å². The van der Waals surface area contributed by atoms with Crippen LogP contribution >= 0.6 is 0 Å². The van der Waals surface area contributed by atoms with Crippen molar-refractivity contribution in [2.24, 2.45) is 0 Å². The van der Waals surface area contributed by atoms with Gasteiger partial charge in [0.1, 0.15) is 17.1 Å². The minimum Gasteiger partial charge on any atom is -0.508 e. The molecule has 1 heterocycles. The van der Waals surface area contributed by atoms with Crippen molar-refractivity contribution in [3.63, 3.8) is 0 Å². The smallest absolute Gasteiger partial charge is 0.221 e. The molecule has 0 aliphatic rings. The molecule has 0 radical (unpaired) electrons. The van der Waals surface area contributed by atoms with Crippen LogP contribution in [0, 0.1) is 10.2 Å².